The Bertz CT molecular complexity index is 263. The molecule has 1 aliphatic heterocycles. The van der Waals surface area contributed by atoms with Gasteiger partial charge in [0, 0.05) is 32.1 Å². The maximum atomic E-state index is 12.2. The van der Waals surface area contributed by atoms with E-state index in [4.69, 9.17) is 0 Å². The first-order chi connectivity index (χ1) is 8.62. The van der Waals surface area contributed by atoms with Gasteiger partial charge in [-0.05, 0) is 32.5 Å². The number of nitrogens with zero attached hydrogens (tertiary/aromatic N) is 2. The van der Waals surface area contributed by atoms with Gasteiger partial charge < -0.3 is 15.1 Å². The maximum Gasteiger partial charge on any atom is 0.226 e. The maximum absolute atomic E-state index is 12.2. The van der Waals surface area contributed by atoms with Crippen LogP contribution >= 0.6 is 24.8 Å². The van der Waals surface area contributed by atoms with E-state index in [0.717, 1.165) is 45.7 Å². The highest BCUT2D eigenvalue weighted by molar-refractivity contribution is 5.85. The quantitative estimate of drug-likeness (QED) is 0.775. The molecule has 0 aromatic heterocycles. The third-order valence-electron chi connectivity index (χ3n) is 3.94. The first-order valence-corrected chi connectivity index (χ1v) is 7.28. The normalized spacial score (nSPS) is 19.4. The standard InChI is InChI=1S/C14H29N3O.2ClH/c1-5-16(6-2)10-13-7-8-17(11-13)14(18)12(3)9-15-4;;/h12-13,15H,5-11H2,1-4H3;2*1H. The van der Waals surface area contributed by atoms with Crippen LogP contribution in [0, 0.1) is 11.8 Å². The molecular formula is C14H31Cl2N3O. The molecule has 0 spiro atoms. The van der Waals surface area contributed by atoms with Crippen molar-refractivity contribution < 1.29 is 4.79 Å². The summed E-state index contributed by atoms with van der Waals surface area (Å²) in [5, 5.41) is 3.08. The van der Waals surface area contributed by atoms with Crippen LogP contribution in [-0.2, 0) is 4.79 Å². The first-order valence-electron chi connectivity index (χ1n) is 7.28. The number of carbonyl (C=O) groups excluding carboxylic acids is 1. The molecule has 1 rings (SSSR count). The number of hydrogen-bond acceptors (Lipinski definition) is 3. The fourth-order valence-electron chi connectivity index (χ4n) is 2.73. The highest BCUT2D eigenvalue weighted by Gasteiger charge is 2.29. The van der Waals surface area contributed by atoms with Crippen molar-refractivity contribution in [1.29, 1.82) is 0 Å². The zero-order valence-corrected chi connectivity index (χ0v) is 14.9. The molecule has 1 heterocycles. The van der Waals surface area contributed by atoms with Gasteiger partial charge in [0.25, 0.3) is 0 Å². The van der Waals surface area contributed by atoms with E-state index in [1.165, 1.54) is 0 Å². The lowest BCUT2D eigenvalue weighted by Gasteiger charge is -2.24. The minimum absolute atomic E-state index is 0. The number of halogens is 2. The van der Waals surface area contributed by atoms with Crippen molar-refractivity contribution in [3.8, 4) is 0 Å². The summed E-state index contributed by atoms with van der Waals surface area (Å²) in [6, 6.07) is 0. The molecular weight excluding hydrogens is 297 g/mol. The van der Waals surface area contributed by atoms with E-state index >= 15 is 0 Å². The molecule has 4 nitrogen and oxygen atoms in total. The Labute approximate surface area is 136 Å². The van der Waals surface area contributed by atoms with Crippen molar-refractivity contribution in [3.05, 3.63) is 0 Å². The van der Waals surface area contributed by atoms with Crippen molar-refractivity contribution in [2.45, 2.75) is 27.2 Å². The van der Waals surface area contributed by atoms with Crippen molar-refractivity contribution in [3.63, 3.8) is 0 Å². The van der Waals surface area contributed by atoms with Gasteiger partial charge in [-0.3, -0.25) is 4.79 Å². The largest absolute Gasteiger partial charge is 0.342 e. The second-order valence-electron chi connectivity index (χ2n) is 5.38. The molecule has 0 aromatic rings. The lowest BCUT2D eigenvalue weighted by Crippen LogP contribution is -2.38. The van der Waals surface area contributed by atoms with Gasteiger partial charge in [-0.25, -0.2) is 0 Å². The van der Waals surface area contributed by atoms with E-state index in [9.17, 15) is 4.79 Å². The molecule has 0 aromatic carbocycles. The Balaban J connectivity index is 0. The summed E-state index contributed by atoms with van der Waals surface area (Å²) >= 11 is 0. The predicted octanol–water partition coefficient (Wildman–Crippen LogP) is 1.88. The lowest BCUT2D eigenvalue weighted by atomic mass is 10.1. The Hall–Kier alpha value is -0.0300. The minimum atomic E-state index is 0. The van der Waals surface area contributed by atoms with Crippen LogP contribution in [0.2, 0.25) is 0 Å². The zero-order chi connectivity index (χ0) is 13.5. The van der Waals surface area contributed by atoms with Gasteiger partial charge >= 0.3 is 0 Å². The van der Waals surface area contributed by atoms with Crippen LogP contribution in [0.1, 0.15) is 27.2 Å². The van der Waals surface area contributed by atoms with Gasteiger partial charge in [-0.1, -0.05) is 20.8 Å². The number of hydrogen-bond donors (Lipinski definition) is 1. The molecule has 2 unspecified atom stereocenters. The molecule has 0 radical (unpaired) electrons. The zero-order valence-electron chi connectivity index (χ0n) is 13.2. The monoisotopic (exact) mass is 327 g/mol. The first kappa shape index (κ1) is 22.3. The molecule has 0 bridgehead atoms. The fourth-order valence-corrected chi connectivity index (χ4v) is 2.73. The molecule has 1 aliphatic rings. The lowest BCUT2D eigenvalue weighted by molar-refractivity contribution is -0.133. The second kappa shape index (κ2) is 11.6. The molecule has 0 saturated carbocycles. The summed E-state index contributed by atoms with van der Waals surface area (Å²) in [5.41, 5.74) is 0. The van der Waals surface area contributed by atoms with E-state index in [2.05, 4.69) is 29.0 Å². The number of nitrogens with one attached hydrogen (secondary N) is 1. The average Bonchev–Trinajstić information content (AvgIpc) is 2.83. The summed E-state index contributed by atoms with van der Waals surface area (Å²) in [7, 11) is 1.90. The second-order valence-corrected chi connectivity index (χ2v) is 5.38. The molecule has 1 fully saturated rings. The van der Waals surface area contributed by atoms with Crippen LogP contribution in [0.3, 0.4) is 0 Å². The van der Waals surface area contributed by atoms with Crippen LogP contribution in [-0.4, -0.2) is 62.0 Å². The number of likely N-dealkylation sites (tertiary alicyclic amines) is 1. The topological polar surface area (TPSA) is 35.6 Å². The molecule has 1 saturated heterocycles. The van der Waals surface area contributed by atoms with Gasteiger partial charge in [0.05, 0.1) is 0 Å². The Morgan fingerprint density at radius 3 is 2.45 bits per heavy atom. The van der Waals surface area contributed by atoms with Gasteiger partial charge in [-0.2, -0.15) is 0 Å². The Morgan fingerprint density at radius 2 is 1.95 bits per heavy atom. The summed E-state index contributed by atoms with van der Waals surface area (Å²) in [4.78, 5) is 16.7. The van der Waals surface area contributed by atoms with Crippen molar-refractivity contribution >= 4 is 30.7 Å². The van der Waals surface area contributed by atoms with E-state index in [0.29, 0.717) is 11.8 Å². The van der Waals surface area contributed by atoms with Crippen LogP contribution in [0.15, 0.2) is 0 Å². The van der Waals surface area contributed by atoms with E-state index < -0.39 is 0 Å². The molecule has 1 amide bonds. The Morgan fingerprint density at radius 1 is 1.35 bits per heavy atom. The van der Waals surface area contributed by atoms with Gasteiger partial charge in [0.15, 0.2) is 0 Å². The molecule has 2 atom stereocenters. The smallest absolute Gasteiger partial charge is 0.226 e. The average molecular weight is 328 g/mol. The highest BCUT2D eigenvalue weighted by atomic mass is 35.5. The predicted molar refractivity (Wildman–Crippen MR) is 90.1 cm³/mol. The van der Waals surface area contributed by atoms with E-state index in [-0.39, 0.29) is 30.7 Å². The molecule has 122 valence electrons. The van der Waals surface area contributed by atoms with Crippen LogP contribution in [0.5, 0.6) is 0 Å². The van der Waals surface area contributed by atoms with E-state index in [1.54, 1.807) is 0 Å². The summed E-state index contributed by atoms with van der Waals surface area (Å²) in [5.74, 6) is 1.07. The van der Waals surface area contributed by atoms with Crippen molar-refractivity contribution in [2.75, 3.05) is 46.3 Å². The highest BCUT2D eigenvalue weighted by Crippen LogP contribution is 2.19. The number of rotatable bonds is 7. The van der Waals surface area contributed by atoms with E-state index in [1.807, 2.05) is 14.0 Å². The third-order valence-corrected chi connectivity index (χ3v) is 3.94. The molecule has 6 heteroatoms. The van der Waals surface area contributed by atoms with Crippen molar-refractivity contribution in [2.24, 2.45) is 11.8 Å². The van der Waals surface area contributed by atoms with Gasteiger partial charge in [-0.15, -0.1) is 24.8 Å². The van der Waals surface area contributed by atoms with Gasteiger partial charge in [0.2, 0.25) is 5.91 Å². The SMILES string of the molecule is CCN(CC)CC1CCN(C(=O)C(C)CNC)C1.Cl.Cl. The Kier molecular flexibility index (Phi) is 12.9. The number of amides is 1. The summed E-state index contributed by atoms with van der Waals surface area (Å²) < 4.78 is 0. The summed E-state index contributed by atoms with van der Waals surface area (Å²) in [6.45, 7) is 12.4. The molecule has 20 heavy (non-hydrogen) atoms. The van der Waals surface area contributed by atoms with Crippen molar-refractivity contribution in [1.82, 2.24) is 15.1 Å². The third kappa shape index (κ3) is 6.61. The summed E-state index contributed by atoms with van der Waals surface area (Å²) in [6.07, 6.45) is 1.16. The van der Waals surface area contributed by atoms with Gasteiger partial charge in [0.1, 0.15) is 0 Å². The molecule has 1 N–H and O–H groups in total. The molecule has 0 aliphatic carbocycles. The van der Waals surface area contributed by atoms with Crippen LogP contribution < -0.4 is 5.32 Å². The van der Waals surface area contributed by atoms with Crippen LogP contribution in [0.25, 0.3) is 0 Å². The van der Waals surface area contributed by atoms with Crippen LogP contribution in [0.4, 0.5) is 0 Å². The number of carbonyl (C=O) groups is 1. The minimum Gasteiger partial charge on any atom is -0.342 e. The fraction of sp³-hybridized carbons (Fsp3) is 0.929.